The molecule has 0 N–H and O–H groups in total. The molecule has 0 saturated heterocycles. The summed E-state index contributed by atoms with van der Waals surface area (Å²) in [4.78, 5) is 26.4. The maximum absolute atomic E-state index is 13.2. The van der Waals surface area contributed by atoms with Gasteiger partial charge in [-0.05, 0) is 23.3 Å². The standard InChI is InChI=1S/C23H13F3O2/c24-23(25,26)16-12-10-15(11-13-16)20-19(14-6-2-1-3-7-14)21(27)17-8-4-5-9-18(17)22(20)28/h1-13H. The molecule has 28 heavy (non-hydrogen) atoms. The molecule has 1 aliphatic rings. The van der Waals surface area contributed by atoms with Crippen LogP contribution in [0.1, 0.15) is 37.4 Å². The first-order valence-corrected chi connectivity index (χ1v) is 8.53. The Morgan fingerprint density at radius 3 is 1.43 bits per heavy atom. The first-order chi connectivity index (χ1) is 13.4. The van der Waals surface area contributed by atoms with E-state index in [0.29, 0.717) is 11.1 Å². The monoisotopic (exact) mass is 378 g/mol. The molecule has 0 amide bonds. The number of rotatable bonds is 2. The quantitative estimate of drug-likeness (QED) is 0.574. The SMILES string of the molecule is O=C1C(c2ccccc2)=C(c2ccc(C(F)(F)F)cc2)C(=O)c2ccccc21. The number of carbonyl (C=O) groups is 2. The van der Waals surface area contributed by atoms with Crippen LogP contribution in [0.3, 0.4) is 0 Å². The van der Waals surface area contributed by atoms with Crippen LogP contribution in [0.4, 0.5) is 13.2 Å². The Hall–Kier alpha value is -3.47. The molecule has 0 heterocycles. The van der Waals surface area contributed by atoms with Gasteiger partial charge in [0.1, 0.15) is 0 Å². The van der Waals surface area contributed by atoms with Gasteiger partial charge in [0.05, 0.1) is 5.56 Å². The molecule has 0 spiro atoms. The molecule has 3 aromatic rings. The third-order valence-corrected chi connectivity index (χ3v) is 4.68. The zero-order valence-corrected chi connectivity index (χ0v) is 14.5. The summed E-state index contributed by atoms with van der Waals surface area (Å²) < 4.78 is 38.7. The molecule has 4 rings (SSSR count). The number of halogens is 3. The second-order valence-corrected chi connectivity index (χ2v) is 6.39. The van der Waals surface area contributed by atoms with Gasteiger partial charge < -0.3 is 0 Å². The predicted octanol–water partition coefficient (Wildman–Crippen LogP) is 5.70. The molecule has 3 aromatic carbocycles. The molecule has 138 valence electrons. The minimum atomic E-state index is -4.48. The Morgan fingerprint density at radius 1 is 0.536 bits per heavy atom. The Kier molecular flexibility index (Phi) is 4.23. The van der Waals surface area contributed by atoms with Gasteiger partial charge in [0.2, 0.25) is 0 Å². The molecule has 0 aromatic heterocycles. The molecule has 5 heteroatoms. The van der Waals surface area contributed by atoms with Gasteiger partial charge in [-0.2, -0.15) is 13.2 Å². The van der Waals surface area contributed by atoms with Crippen molar-refractivity contribution in [3.63, 3.8) is 0 Å². The van der Waals surface area contributed by atoms with Gasteiger partial charge in [-0.1, -0.05) is 66.7 Å². The summed E-state index contributed by atoms with van der Waals surface area (Å²) in [7, 11) is 0. The number of alkyl halides is 3. The fraction of sp³-hybridized carbons (Fsp3) is 0.0435. The van der Waals surface area contributed by atoms with E-state index in [1.165, 1.54) is 12.1 Å². The Morgan fingerprint density at radius 2 is 0.964 bits per heavy atom. The van der Waals surface area contributed by atoms with Crippen molar-refractivity contribution in [2.24, 2.45) is 0 Å². The van der Waals surface area contributed by atoms with Crippen molar-refractivity contribution in [2.45, 2.75) is 6.18 Å². The maximum atomic E-state index is 13.2. The smallest absolute Gasteiger partial charge is 0.289 e. The molecule has 1 aliphatic carbocycles. The van der Waals surface area contributed by atoms with Crippen LogP contribution in [-0.2, 0) is 6.18 Å². The van der Waals surface area contributed by atoms with Gasteiger partial charge in [0.15, 0.2) is 11.6 Å². The zero-order chi connectivity index (χ0) is 19.9. The van der Waals surface area contributed by atoms with Crippen LogP contribution in [-0.4, -0.2) is 11.6 Å². The second kappa shape index (κ2) is 6.60. The normalized spacial score (nSPS) is 14.2. The third-order valence-electron chi connectivity index (χ3n) is 4.68. The number of hydrogen-bond donors (Lipinski definition) is 0. The van der Waals surface area contributed by atoms with Crippen molar-refractivity contribution in [2.75, 3.05) is 0 Å². The number of allylic oxidation sites excluding steroid dienone is 2. The number of fused-ring (bicyclic) bond motifs is 1. The Balaban J connectivity index is 1.97. The summed E-state index contributed by atoms with van der Waals surface area (Å²) in [5, 5.41) is 0. The van der Waals surface area contributed by atoms with Crippen molar-refractivity contribution in [3.8, 4) is 0 Å². The molecular formula is C23H13F3O2. The largest absolute Gasteiger partial charge is 0.416 e. The lowest BCUT2D eigenvalue weighted by Gasteiger charge is -2.22. The minimum Gasteiger partial charge on any atom is -0.289 e. The van der Waals surface area contributed by atoms with E-state index in [1.807, 2.05) is 0 Å². The van der Waals surface area contributed by atoms with Crippen molar-refractivity contribution in [1.82, 2.24) is 0 Å². The maximum Gasteiger partial charge on any atom is 0.416 e. The fourth-order valence-corrected chi connectivity index (χ4v) is 3.36. The summed E-state index contributed by atoms with van der Waals surface area (Å²) in [6, 6.07) is 19.5. The van der Waals surface area contributed by atoms with E-state index in [1.54, 1.807) is 54.6 Å². The van der Waals surface area contributed by atoms with Crippen LogP contribution in [0.2, 0.25) is 0 Å². The van der Waals surface area contributed by atoms with E-state index in [0.717, 1.165) is 12.1 Å². The molecule has 0 aliphatic heterocycles. The summed E-state index contributed by atoms with van der Waals surface area (Å²) in [5.41, 5.74) is 0.870. The number of hydrogen-bond acceptors (Lipinski definition) is 2. The lowest BCUT2D eigenvalue weighted by atomic mass is 9.78. The van der Waals surface area contributed by atoms with Crippen LogP contribution >= 0.6 is 0 Å². The zero-order valence-electron chi connectivity index (χ0n) is 14.5. The highest BCUT2D eigenvalue weighted by atomic mass is 19.4. The summed E-state index contributed by atoms with van der Waals surface area (Å²) in [6.45, 7) is 0. The minimum absolute atomic E-state index is 0.114. The summed E-state index contributed by atoms with van der Waals surface area (Å²) in [6.07, 6.45) is -4.48. The third kappa shape index (κ3) is 2.95. The Bertz CT molecular complexity index is 1110. The average Bonchev–Trinajstić information content (AvgIpc) is 2.70. The number of Topliss-reactive ketones (excluding diaryl/α,β-unsaturated/α-hetero) is 2. The van der Waals surface area contributed by atoms with Crippen molar-refractivity contribution in [3.05, 3.63) is 107 Å². The predicted molar refractivity (Wildman–Crippen MR) is 99.8 cm³/mol. The first-order valence-electron chi connectivity index (χ1n) is 8.53. The average molecular weight is 378 g/mol. The summed E-state index contributed by atoms with van der Waals surface area (Å²) >= 11 is 0. The highest BCUT2D eigenvalue weighted by Crippen LogP contribution is 2.38. The van der Waals surface area contributed by atoms with Crippen LogP contribution < -0.4 is 0 Å². The summed E-state index contributed by atoms with van der Waals surface area (Å²) in [5.74, 6) is -0.704. The Labute approximate surface area is 158 Å². The van der Waals surface area contributed by atoms with Gasteiger partial charge in [0.25, 0.3) is 0 Å². The molecule has 2 nitrogen and oxygen atoms in total. The van der Waals surface area contributed by atoms with E-state index in [-0.39, 0.29) is 33.8 Å². The van der Waals surface area contributed by atoms with Crippen LogP contribution in [0.5, 0.6) is 0 Å². The molecule has 0 unspecified atom stereocenters. The first kappa shape index (κ1) is 17.9. The highest BCUT2D eigenvalue weighted by molar-refractivity contribution is 6.51. The van der Waals surface area contributed by atoms with Crippen molar-refractivity contribution in [1.29, 1.82) is 0 Å². The van der Waals surface area contributed by atoms with E-state index in [2.05, 4.69) is 0 Å². The van der Waals surface area contributed by atoms with Crippen LogP contribution in [0, 0.1) is 0 Å². The van der Waals surface area contributed by atoms with Crippen molar-refractivity contribution < 1.29 is 22.8 Å². The number of benzene rings is 3. The second-order valence-electron chi connectivity index (χ2n) is 6.39. The highest BCUT2D eigenvalue weighted by Gasteiger charge is 2.34. The van der Waals surface area contributed by atoms with Gasteiger partial charge in [-0.3, -0.25) is 9.59 Å². The molecule has 0 atom stereocenters. The van der Waals surface area contributed by atoms with Gasteiger partial charge in [-0.25, -0.2) is 0 Å². The van der Waals surface area contributed by atoms with Crippen LogP contribution in [0.15, 0.2) is 78.9 Å². The topological polar surface area (TPSA) is 34.1 Å². The lowest BCUT2D eigenvalue weighted by Crippen LogP contribution is -2.20. The fourth-order valence-electron chi connectivity index (χ4n) is 3.36. The van der Waals surface area contributed by atoms with E-state index >= 15 is 0 Å². The van der Waals surface area contributed by atoms with E-state index in [9.17, 15) is 22.8 Å². The molecule has 0 saturated carbocycles. The van der Waals surface area contributed by atoms with E-state index in [4.69, 9.17) is 0 Å². The molecule has 0 bridgehead atoms. The van der Waals surface area contributed by atoms with E-state index < -0.39 is 11.7 Å². The molecule has 0 fully saturated rings. The van der Waals surface area contributed by atoms with Crippen LogP contribution in [0.25, 0.3) is 11.1 Å². The molecule has 0 radical (unpaired) electrons. The van der Waals surface area contributed by atoms with Gasteiger partial charge in [-0.15, -0.1) is 0 Å². The number of carbonyl (C=O) groups excluding carboxylic acids is 2. The molecular weight excluding hydrogens is 365 g/mol. The van der Waals surface area contributed by atoms with Gasteiger partial charge in [0, 0.05) is 22.3 Å². The number of ketones is 2. The van der Waals surface area contributed by atoms with Crippen molar-refractivity contribution >= 4 is 22.7 Å². The lowest BCUT2D eigenvalue weighted by molar-refractivity contribution is -0.137. The van der Waals surface area contributed by atoms with Gasteiger partial charge >= 0.3 is 6.18 Å².